The van der Waals surface area contributed by atoms with Gasteiger partial charge in [-0.2, -0.15) is 0 Å². The fourth-order valence-electron chi connectivity index (χ4n) is 2.20. The molecule has 90 valence electrons. The zero-order valence-electron chi connectivity index (χ0n) is 9.68. The molecule has 0 amide bonds. The lowest BCUT2D eigenvalue weighted by Gasteiger charge is -2.37. The Morgan fingerprint density at radius 1 is 1.47 bits per heavy atom. The summed E-state index contributed by atoms with van der Waals surface area (Å²) in [6.07, 6.45) is 0.919. The lowest BCUT2D eigenvalue weighted by molar-refractivity contribution is 0.0469. The first kappa shape index (κ1) is 12.8. The quantitative estimate of drug-likeness (QED) is 0.763. The van der Waals surface area contributed by atoms with Crippen molar-refractivity contribution in [3.63, 3.8) is 0 Å². The summed E-state index contributed by atoms with van der Waals surface area (Å²) in [6.45, 7) is 5.95. The van der Waals surface area contributed by atoms with Crippen LogP contribution in [0.15, 0.2) is 0 Å². The van der Waals surface area contributed by atoms with Crippen LogP contribution in [-0.2, 0) is 0 Å². The van der Waals surface area contributed by atoms with Gasteiger partial charge in [0.1, 0.15) is 0 Å². The summed E-state index contributed by atoms with van der Waals surface area (Å²) in [5.41, 5.74) is 0. The number of rotatable bonds is 5. The first-order chi connectivity index (χ1) is 7.13. The van der Waals surface area contributed by atoms with E-state index in [1.807, 2.05) is 11.8 Å². The average Bonchev–Trinajstić information content (AvgIpc) is 2.18. The van der Waals surface area contributed by atoms with E-state index in [2.05, 4.69) is 12.2 Å². The van der Waals surface area contributed by atoms with Crippen LogP contribution in [0.3, 0.4) is 0 Å². The van der Waals surface area contributed by atoms with Gasteiger partial charge >= 0.3 is 0 Å². The van der Waals surface area contributed by atoms with Gasteiger partial charge in [-0.15, -0.1) is 0 Å². The molecule has 1 rings (SSSR count). The van der Waals surface area contributed by atoms with Crippen LogP contribution in [-0.4, -0.2) is 43.0 Å². The third-order valence-electron chi connectivity index (χ3n) is 3.07. The van der Waals surface area contributed by atoms with Gasteiger partial charge in [0.2, 0.25) is 0 Å². The fourth-order valence-corrected chi connectivity index (χ4v) is 2.20. The topological polar surface area (TPSA) is 15.3 Å². The number of nitrogens with one attached hydrogen (secondary N) is 1. The summed E-state index contributed by atoms with van der Waals surface area (Å²) < 4.78 is 24.5. The van der Waals surface area contributed by atoms with Crippen LogP contribution in [0.2, 0.25) is 0 Å². The minimum absolute atomic E-state index is 0.0678. The second-order valence-corrected chi connectivity index (χ2v) is 4.41. The SMILES string of the molecule is CCCNC1CCN(CC(F)F)C(C)C1. The number of hydrogen-bond acceptors (Lipinski definition) is 2. The molecule has 0 aliphatic carbocycles. The first-order valence-electron chi connectivity index (χ1n) is 5.89. The molecule has 2 atom stereocenters. The number of hydrogen-bond donors (Lipinski definition) is 1. The van der Waals surface area contributed by atoms with E-state index in [4.69, 9.17) is 0 Å². The van der Waals surface area contributed by atoms with E-state index in [0.717, 1.165) is 32.4 Å². The second kappa shape index (κ2) is 6.38. The number of likely N-dealkylation sites (tertiary alicyclic amines) is 1. The maximum Gasteiger partial charge on any atom is 0.251 e. The summed E-state index contributed by atoms with van der Waals surface area (Å²) in [6, 6.07) is 0.802. The predicted octanol–water partition coefficient (Wildman–Crippen LogP) is 2.10. The van der Waals surface area contributed by atoms with E-state index in [0.29, 0.717) is 6.04 Å². The molecule has 4 heteroatoms. The number of halogens is 2. The Balaban J connectivity index is 2.27. The molecule has 0 aromatic rings. The summed E-state index contributed by atoms with van der Waals surface area (Å²) in [5, 5.41) is 3.46. The van der Waals surface area contributed by atoms with Crippen LogP contribution in [0.25, 0.3) is 0 Å². The number of nitrogens with zero attached hydrogens (tertiary/aromatic N) is 1. The molecule has 0 spiro atoms. The molecule has 0 aromatic carbocycles. The van der Waals surface area contributed by atoms with Gasteiger partial charge in [0, 0.05) is 18.6 Å². The van der Waals surface area contributed by atoms with Gasteiger partial charge in [-0.05, 0) is 32.7 Å². The van der Waals surface area contributed by atoms with Crippen molar-refractivity contribution in [2.75, 3.05) is 19.6 Å². The first-order valence-corrected chi connectivity index (χ1v) is 5.89. The van der Waals surface area contributed by atoms with Gasteiger partial charge in [0.25, 0.3) is 6.43 Å². The van der Waals surface area contributed by atoms with Crippen molar-refractivity contribution in [1.29, 1.82) is 0 Å². The van der Waals surface area contributed by atoms with Crippen molar-refractivity contribution in [3.8, 4) is 0 Å². The molecule has 2 unspecified atom stereocenters. The van der Waals surface area contributed by atoms with Gasteiger partial charge in [-0.25, -0.2) is 8.78 Å². The van der Waals surface area contributed by atoms with Crippen LogP contribution in [0.1, 0.15) is 33.1 Å². The van der Waals surface area contributed by atoms with Crippen molar-refractivity contribution in [2.45, 2.75) is 51.6 Å². The Morgan fingerprint density at radius 2 is 2.20 bits per heavy atom. The molecule has 0 saturated carbocycles. The van der Waals surface area contributed by atoms with Crippen LogP contribution >= 0.6 is 0 Å². The van der Waals surface area contributed by atoms with E-state index < -0.39 is 6.43 Å². The molecule has 1 saturated heterocycles. The highest BCUT2D eigenvalue weighted by atomic mass is 19.3. The molecule has 1 aliphatic rings. The highest BCUT2D eigenvalue weighted by molar-refractivity contribution is 4.83. The van der Waals surface area contributed by atoms with E-state index in [1.165, 1.54) is 0 Å². The van der Waals surface area contributed by atoms with Crippen molar-refractivity contribution >= 4 is 0 Å². The zero-order chi connectivity index (χ0) is 11.3. The van der Waals surface area contributed by atoms with Gasteiger partial charge in [0.15, 0.2) is 0 Å². The van der Waals surface area contributed by atoms with Gasteiger partial charge in [-0.3, -0.25) is 4.90 Å². The van der Waals surface area contributed by atoms with Crippen LogP contribution in [0.4, 0.5) is 8.78 Å². The number of alkyl halides is 2. The third kappa shape index (κ3) is 4.43. The minimum Gasteiger partial charge on any atom is -0.314 e. The lowest BCUT2D eigenvalue weighted by Crippen LogP contribution is -2.48. The smallest absolute Gasteiger partial charge is 0.251 e. The molecular weight excluding hydrogens is 198 g/mol. The van der Waals surface area contributed by atoms with E-state index in [-0.39, 0.29) is 12.6 Å². The fraction of sp³-hybridized carbons (Fsp3) is 1.00. The van der Waals surface area contributed by atoms with Crippen molar-refractivity contribution in [1.82, 2.24) is 10.2 Å². The van der Waals surface area contributed by atoms with Crippen molar-refractivity contribution in [2.24, 2.45) is 0 Å². The molecule has 0 radical (unpaired) electrons. The zero-order valence-corrected chi connectivity index (χ0v) is 9.68. The van der Waals surface area contributed by atoms with E-state index >= 15 is 0 Å². The summed E-state index contributed by atoms with van der Waals surface area (Å²) in [5.74, 6) is 0. The largest absolute Gasteiger partial charge is 0.314 e. The van der Waals surface area contributed by atoms with E-state index in [9.17, 15) is 8.78 Å². The minimum atomic E-state index is -2.20. The molecule has 0 bridgehead atoms. The lowest BCUT2D eigenvalue weighted by atomic mass is 9.98. The van der Waals surface area contributed by atoms with Crippen molar-refractivity contribution in [3.05, 3.63) is 0 Å². The standard InChI is InChI=1S/C11H22F2N2/c1-3-5-14-10-4-6-15(8-11(12)13)9(2)7-10/h9-11,14H,3-8H2,1-2H3. The highest BCUT2D eigenvalue weighted by Crippen LogP contribution is 2.18. The van der Waals surface area contributed by atoms with Crippen LogP contribution < -0.4 is 5.32 Å². The van der Waals surface area contributed by atoms with Crippen LogP contribution in [0.5, 0.6) is 0 Å². The molecule has 1 N–H and O–H groups in total. The molecule has 1 aliphatic heterocycles. The second-order valence-electron chi connectivity index (χ2n) is 4.41. The molecule has 0 aromatic heterocycles. The maximum absolute atomic E-state index is 12.2. The Bertz CT molecular complexity index is 176. The Morgan fingerprint density at radius 3 is 2.73 bits per heavy atom. The highest BCUT2D eigenvalue weighted by Gasteiger charge is 2.26. The summed E-state index contributed by atoms with van der Waals surface area (Å²) >= 11 is 0. The van der Waals surface area contributed by atoms with Crippen LogP contribution in [0, 0.1) is 0 Å². The third-order valence-corrected chi connectivity index (χ3v) is 3.07. The molecule has 1 heterocycles. The van der Waals surface area contributed by atoms with E-state index in [1.54, 1.807) is 0 Å². The summed E-state index contributed by atoms with van der Waals surface area (Å²) in [4.78, 5) is 1.90. The molecular formula is C11H22F2N2. The normalized spacial score (nSPS) is 28.6. The molecule has 15 heavy (non-hydrogen) atoms. The van der Waals surface area contributed by atoms with Gasteiger partial charge in [0.05, 0.1) is 6.54 Å². The number of piperidine rings is 1. The Labute approximate surface area is 91.0 Å². The molecule has 1 fully saturated rings. The Hall–Kier alpha value is -0.220. The maximum atomic E-state index is 12.2. The molecule has 2 nitrogen and oxygen atoms in total. The Kier molecular flexibility index (Phi) is 5.47. The monoisotopic (exact) mass is 220 g/mol. The van der Waals surface area contributed by atoms with Gasteiger partial charge < -0.3 is 5.32 Å². The summed E-state index contributed by atoms with van der Waals surface area (Å²) in [7, 11) is 0. The average molecular weight is 220 g/mol. The predicted molar refractivity (Wildman–Crippen MR) is 58.4 cm³/mol. The van der Waals surface area contributed by atoms with Gasteiger partial charge in [-0.1, -0.05) is 6.92 Å². The van der Waals surface area contributed by atoms with Crippen molar-refractivity contribution < 1.29 is 8.78 Å².